The second-order valence-electron chi connectivity index (χ2n) is 1.86. The zero-order chi connectivity index (χ0) is 8.97. The van der Waals surface area contributed by atoms with Crippen LogP contribution >= 0.6 is 33.9 Å². The Bertz CT molecular complexity index is 276. The molecule has 12 heavy (non-hydrogen) atoms. The van der Waals surface area contributed by atoms with Crippen LogP contribution in [0.2, 0.25) is 0 Å². The van der Waals surface area contributed by atoms with E-state index in [0.717, 1.165) is 9.44 Å². The molecule has 66 valence electrons. The fourth-order valence-electron chi connectivity index (χ4n) is 0.583. The maximum absolute atomic E-state index is 11.1. The van der Waals surface area contributed by atoms with Crippen LogP contribution in [0.4, 0.5) is 0 Å². The van der Waals surface area contributed by atoms with Crippen LogP contribution in [0.25, 0.3) is 0 Å². The third kappa shape index (κ3) is 2.37. The lowest BCUT2D eigenvalue weighted by atomic mass is 10.7. The first-order valence-corrected chi connectivity index (χ1v) is 5.67. The quantitative estimate of drug-likeness (QED) is 0.484. The van der Waals surface area contributed by atoms with E-state index in [1.165, 1.54) is 11.3 Å². The van der Waals surface area contributed by atoms with Gasteiger partial charge in [0, 0.05) is 0 Å². The maximum Gasteiger partial charge on any atom is 0.369 e. The highest BCUT2D eigenvalue weighted by molar-refractivity contribution is 14.1. The predicted octanol–water partition coefficient (Wildman–Crippen LogP) is 1.65. The van der Waals surface area contributed by atoms with Gasteiger partial charge in [0.2, 0.25) is 5.01 Å². The van der Waals surface area contributed by atoms with Gasteiger partial charge >= 0.3 is 5.97 Å². The minimum atomic E-state index is -0.383. The number of nitrogens with zero attached hydrogens (tertiary/aromatic N) is 2. The van der Waals surface area contributed by atoms with Gasteiger partial charge in [0.05, 0.1) is 11.0 Å². The largest absolute Gasteiger partial charge is 0.461 e. The van der Waals surface area contributed by atoms with Gasteiger partial charge in [0.15, 0.2) is 0 Å². The number of aromatic nitrogens is 2. The third-order valence-electron chi connectivity index (χ3n) is 1.03. The van der Waals surface area contributed by atoms with Gasteiger partial charge in [-0.25, -0.2) is 4.79 Å². The van der Waals surface area contributed by atoms with E-state index in [0.29, 0.717) is 11.6 Å². The summed E-state index contributed by atoms with van der Waals surface area (Å²) in [5, 5.41) is 8.68. The summed E-state index contributed by atoms with van der Waals surface area (Å²) < 4.78 is 5.52. The normalized spacial score (nSPS) is 9.83. The summed E-state index contributed by atoms with van der Waals surface area (Å²) in [6.07, 6.45) is 0. The molecule has 1 aromatic rings. The summed E-state index contributed by atoms with van der Waals surface area (Å²) in [4.78, 5) is 11.1. The number of esters is 1. The van der Waals surface area contributed by atoms with Crippen molar-refractivity contribution in [2.24, 2.45) is 0 Å². The highest BCUT2D eigenvalue weighted by Gasteiger charge is 2.12. The van der Waals surface area contributed by atoms with Gasteiger partial charge < -0.3 is 4.74 Å². The first kappa shape index (κ1) is 9.85. The van der Waals surface area contributed by atoms with E-state index >= 15 is 0 Å². The van der Waals surface area contributed by atoms with Gasteiger partial charge in [-0.15, -0.1) is 10.2 Å². The molecular formula is C6H7IN2O2S. The van der Waals surface area contributed by atoms with Crippen molar-refractivity contribution in [2.45, 2.75) is 11.4 Å². The highest BCUT2D eigenvalue weighted by Crippen LogP contribution is 2.13. The van der Waals surface area contributed by atoms with Crippen LogP contribution in [-0.4, -0.2) is 22.8 Å². The SMILES string of the molecule is CCOC(=O)c1nnc(CI)s1. The van der Waals surface area contributed by atoms with Crippen molar-refractivity contribution in [3.8, 4) is 0 Å². The van der Waals surface area contributed by atoms with Crippen molar-refractivity contribution in [1.82, 2.24) is 10.2 Å². The Hall–Kier alpha value is -0.240. The molecular weight excluding hydrogens is 291 g/mol. The summed E-state index contributed by atoms with van der Waals surface area (Å²) in [5.74, 6) is -0.383. The molecule has 0 fully saturated rings. The molecule has 6 heteroatoms. The topological polar surface area (TPSA) is 52.1 Å². The van der Waals surface area contributed by atoms with Crippen molar-refractivity contribution in [2.75, 3.05) is 6.61 Å². The monoisotopic (exact) mass is 298 g/mol. The maximum atomic E-state index is 11.1. The second-order valence-corrected chi connectivity index (χ2v) is 3.68. The zero-order valence-corrected chi connectivity index (χ0v) is 9.39. The predicted molar refractivity (Wildman–Crippen MR) is 53.6 cm³/mol. The number of rotatable bonds is 3. The lowest BCUT2D eigenvalue weighted by Crippen LogP contribution is -2.03. The molecule has 0 N–H and O–H groups in total. The summed E-state index contributed by atoms with van der Waals surface area (Å²) in [6, 6.07) is 0. The minimum Gasteiger partial charge on any atom is -0.461 e. The van der Waals surface area contributed by atoms with E-state index < -0.39 is 0 Å². The van der Waals surface area contributed by atoms with E-state index in [9.17, 15) is 4.79 Å². The summed E-state index contributed by atoms with van der Waals surface area (Å²) in [6.45, 7) is 2.14. The van der Waals surface area contributed by atoms with Crippen LogP contribution in [0.3, 0.4) is 0 Å². The third-order valence-corrected chi connectivity index (χ3v) is 3.17. The van der Waals surface area contributed by atoms with E-state index in [1.807, 2.05) is 0 Å². The van der Waals surface area contributed by atoms with Crippen LogP contribution in [0.5, 0.6) is 0 Å². The van der Waals surface area contributed by atoms with E-state index in [4.69, 9.17) is 4.74 Å². The van der Waals surface area contributed by atoms with Gasteiger partial charge in [0.1, 0.15) is 5.01 Å². The summed E-state index contributed by atoms with van der Waals surface area (Å²) >= 11 is 3.44. The van der Waals surface area contributed by atoms with Gasteiger partial charge in [-0.3, -0.25) is 0 Å². The van der Waals surface area contributed by atoms with Crippen LogP contribution in [0, 0.1) is 0 Å². The molecule has 4 nitrogen and oxygen atoms in total. The Morgan fingerprint density at radius 3 is 2.92 bits per heavy atom. The number of carbonyl (C=O) groups excluding carboxylic acids is 1. The molecule has 1 rings (SSSR count). The van der Waals surface area contributed by atoms with E-state index in [1.54, 1.807) is 6.92 Å². The molecule has 0 aliphatic rings. The Morgan fingerprint density at radius 2 is 2.42 bits per heavy atom. The standard InChI is InChI=1S/C6H7IN2O2S/c1-2-11-6(10)5-9-8-4(3-7)12-5/h2-3H2,1H3. The fraction of sp³-hybridized carbons (Fsp3) is 0.500. The van der Waals surface area contributed by atoms with E-state index in [2.05, 4.69) is 32.8 Å². The Kier molecular flexibility index (Phi) is 3.86. The minimum absolute atomic E-state index is 0.337. The number of hydrogen-bond acceptors (Lipinski definition) is 5. The summed E-state index contributed by atoms with van der Waals surface area (Å²) in [7, 11) is 0. The molecule has 0 bridgehead atoms. The molecule has 0 aliphatic heterocycles. The molecule has 0 aromatic carbocycles. The smallest absolute Gasteiger partial charge is 0.369 e. The van der Waals surface area contributed by atoms with Crippen LogP contribution in [0.15, 0.2) is 0 Å². The van der Waals surface area contributed by atoms with Gasteiger partial charge in [-0.1, -0.05) is 33.9 Å². The van der Waals surface area contributed by atoms with Crippen molar-refractivity contribution in [3.63, 3.8) is 0 Å². The zero-order valence-electron chi connectivity index (χ0n) is 6.41. The molecule has 0 amide bonds. The van der Waals surface area contributed by atoms with Crippen LogP contribution in [0.1, 0.15) is 21.7 Å². The molecule has 0 atom stereocenters. The number of halogens is 1. The molecule has 0 radical (unpaired) electrons. The van der Waals surface area contributed by atoms with Crippen molar-refractivity contribution >= 4 is 39.9 Å². The molecule has 1 heterocycles. The van der Waals surface area contributed by atoms with Crippen LogP contribution in [-0.2, 0) is 9.16 Å². The average molecular weight is 298 g/mol. The highest BCUT2D eigenvalue weighted by atomic mass is 127. The number of alkyl halides is 1. The van der Waals surface area contributed by atoms with Crippen molar-refractivity contribution in [3.05, 3.63) is 10.0 Å². The van der Waals surface area contributed by atoms with Gasteiger partial charge in [-0.2, -0.15) is 0 Å². The van der Waals surface area contributed by atoms with Crippen molar-refractivity contribution in [1.29, 1.82) is 0 Å². The Labute approximate surface area is 87.5 Å². The molecule has 0 aliphatic carbocycles. The average Bonchev–Trinajstić information content (AvgIpc) is 2.52. The second kappa shape index (κ2) is 4.70. The Morgan fingerprint density at radius 1 is 1.67 bits per heavy atom. The first-order chi connectivity index (χ1) is 5.77. The number of hydrogen-bond donors (Lipinski definition) is 0. The van der Waals surface area contributed by atoms with Crippen LogP contribution < -0.4 is 0 Å². The van der Waals surface area contributed by atoms with Gasteiger partial charge in [-0.05, 0) is 6.92 Å². The molecule has 0 spiro atoms. The van der Waals surface area contributed by atoms with Gasteiger partial charge in [0.25, 0.3) is 0 Å². The molecule has 0 unspecified atom stereocenters. The number of ether oxygens (including phenoxy) is 1. The van der Waals surface area contributed by atoms with E-state index in [-0.39, 0.29) is 5.97 Å². The molecule has 0 saturated carbocycles. The lowest BCUT2D eigenvalue weighted by molar-refractivity contribution is 0.0525. The number of carbonyl (C=O) groups is 1. The first-order valence-electron chi connectivity index (χ1n) is 3.33. The molecule has 1 aromatic heterocycles. The fourth-order valence-corrected chi connectivity index (χ4v) is 1.79. The summed E-state index contributed by atoms with van der Waals surface area (Å²) in [5.41, 5.74) is 0. The molecule has 0 saturated heterocycles. The Balaban J connectivity index is 2.68. The van der Waals surface area contributed by atoms with Crippen molar-refractivity contribution < 1.29 is 9.53 Å². The lowest BCUT2D eigenvalue weighted by Gasteiger charge is -1.93.